The summed E-state index contributed by atoms with van der Waals surface area (Å²) in [4.78, 5) is 0. The van der Waals surface area contributed by atoms with Crippen LogP contribution in [0.25, 0.3) is 0 Å². The van der Waals surface area contributed by atoms with Crippen LogP contribution in [0.2, 0.25) is 0 Å². The van der Waals surface area contributed by atoms with Gasteiger partial charge in [0.2, 0.25) is 0 Å². The van der Waals surface area contributed by atoms with E-state index in [2.05, 4.69) is 0 Å². The van der Waals surface area contributed by atoms with Crippen LogP contribution in [-0.2, 0) is 10.2 Å². The van der Waals surface area contributed by atoms with E-state index in [1.165, 1.54) is 26.2 Å². The van der Waals surface area contributed by atoms with Crippen LogP contribution in [0.3, 0.4) is 0 Å². The molecular weight excluding hydrogens is 290 g/mol. The van der Waals surface area contributed by atoms with E-state index >= 15 is 0 Å². The third-order valence-electron chi connectivity index (χ3n) is 1.91. The Bertz CT molecular complexity index is 474. The average Bonchev–Trinajstić information content (AvgIpc) is 2.16. The highest BCUT2D eigenvalue weighted by molar-refractivity contribution is 7.90. The molecule has 0 saturated heterocycles. The molecule has 17 heavy (non-hydrogen) atoms. The van der Waals surface area contributed by atoms with Crippen LogP contribution >= 0.6 is 23.2 Å². The Hall–Kier alpha value is -0.560. The molecule has 4 nitrogen and oxygen atoms in total. The van der Waals surface area contributed by atoms with Gasteiger partial charge < -0.3 is 0 Å². The molecule has 96 valence electrons. The number of anilines is 1. The molecular formula is C9H11Cl2FN2O2S. The van der Waals surface area contributed by atoms with Gasteiger partial charge in [0.25, 0.3) is 0 Å². The zero-order valence-corrected chi connectivity index (χ0v) is 11.5. The van der Waals surface area contributed by atoms with Crippen LogP contribution in [0, 0.1) is 0 Å². The first-order valence-electron chi connectivity index (χ1n) is 4.52. The van der Waals surface area contributed by atoms with Crippen molar-refractivity contribution in [2.75, 3.05) is 18.4 Å². The second-order valence-electron chi connectivity index (χ2n) is 3.36. The summed E-state index contributed by atoms with van der Waals surface area (Å²) in [6.45, 7) is 0. The van der Waals surface area contributed by atoms with Crippen molar-refractivity contribution in [3.63, 3.8) is 0 Å². The molecule has 0 spiro atoms. The predicted molar refractivity (Wildman–Crippen MR) is 67.1 cm³/mol. The van der Waals surface area contributed by atoms with Gasteiger partial charge in [0.05, 0.1) is 5.69 Å². The molecule has 0 radical (unpaired) electrons. The Kier molecular flexibility index (Phi) is 4.24. The summed E-state index contributed by atoms with van der Waals surface area (Å²) in [5.74, 6) is 0. The van der Waals surface area contributed by atoms with Crippen LogP contribution < -0.4 is 4.31 Å². The first kappa shape index (κ1) is 14.5. The maximum atomic E-state index is 13.6. The number of hydrogen-bond acceptors (Lipinski definition) is 2. The van der Waals surface area contributed by atoms with Gasteiger partial charge in [-0.05, 0) is 35.3 Å². The molecule has 0 aromatic heterocycles. The Labute approximate surface area is 110 Å². The number of alkyl halides is 3. The second-order valence-corrected chi connectivity index (χ2v) is 6.54. The molecule has 0 aliphatic heterocycles. The Balaban J connectivity index is 3.35. The number of para-hydroxylation sites is 1. The van der Waals surface area contributed by atoms with Crippen molar-refractivity contribution in [3.8, 4) is 0 Å². The molecule has 1 aromatic rings. The third kappa shape index (κ3) is 3.22. The smallest absolute Gasteiger partial charge is 0.196 e. The number of rotatable bonds is 4. The summed E-state index contributed by atoms with van der Waals surface area (Å²) in [6, 6.07) is 7.53. The first-order valence-corrected chi connectivity index (χ1v) is 6.67. The molecule has 1 rings (SSSR count). The molecule has 0 atom stereocenters. The van der Waals surface area contributed by atoms with Crippen LogP contribution in [0.15, 0.2) is 30.3 Å². The molecule has 1 aromatic carbocycles. The second kappa shape index (κ2) is 4.97. The number of nitrogens with zero attached hydrogens (tertiary/aromatic N) is 2. The zero-order valence-electron chi connectivity index (χ0n) is 9.14. The van der Waals surface area contributed by atoms with Gasteiger partial charge in [-0.1, -0.05) is 18.2 Å². The lowest BCUT2D eigenvalue weighted by atomic mass is 10.3. The average molecular weight is 301 g/mol. The topological polar surface area (TPSA) is 40.6 Å². The SMILES string of the molecule is CN(C)S(=O)(=O)N(c1ccccc1)C(F)(Cl)Cl. The van der Waals surface area contributed by atoms with Gasteiger partial charge in [-0.2, -0.15) is 21.4 Å². The Morgan fingerprint density at radius 1 is 1.18 bits per heavy atom. The molecule has 0 unspecified atom stereocenters. The van der Waals surface area contributed by atoms with E-state index < -0.39 is 14.9 Å². The Morgan fingerprint density at radius 2 is 1.65 bits per heavy atom. The van der Waals surface area contributed by atoms with E-state index in [4.69, 9.17) is 23.2 Å². The van der Waals surface area contributed by atoms with Crippen molar-refractivity contribution in [3.05, 3.63) is 30.3 Å². The fourth-order valence-electron chi connectivity index (χ4n) is 1.14. The van der Waals surface area contributed by atoms with Crippen LogP contribution in [0.5, 0.6) is 0 Å². The first-order chi connectivity index (χ1) is 7.67. The molecule has 0 aliphatic carbocycles. The summed E-state index contributed by atoms with van der Waals surface area (Å²) >= 11 is 10.6. The highest BCUT2D eigenvalue weighted by atomic mass is 35.5. The highest BCUT2D eigenvalue weighted by Gasteiger charge is 2.42. The molecule has 0 saturated carbocycles. The summed E-state index contributed by atoms with van der Waals surface area (Å²) in [6.07, 6.45) is 0. The van der Waals surface area contributed by atoms with Crippen LogP contribution in [0.4, 0.5) is 10.1 Å². The van der Waals surface area contributed by atoms with Crippen molar-refractivity contribution in [1.82, 2.24) is 4.31 Å². The number of hydrogen-bond donors (Lipinski definition) is 0. The lowest BCUT2D eigenvalue weighted by molar-refractivity contribution is 0.394. The fraction of sp³-hybridized carbons (Fsp3) is 0.333. The molecule has 8 heteroatoms. The lowest BCUT2D eigenvalue weighted by Gasteiger charge is -2.31. The van der Waals surface area contributed by atoms with Gasteiger partial charge in [0, 0.05) is 14.1 Å². The largest absolute Gasteiger partial charge is 0.350 e. The Morgan fingerprint density at radius 3 is 2.00 bits per heavy atom. The van der Waals surface area contributed by atoms with Crippen LogP contribution in [0.1, 0.15) is 0 Å². The van der Waals surface area contributed by atoms with Crippen LogP contribution in [-0.4, -0.2) is 31.5 Å². The minimum Gasteiger partial charge on any atom is -0.196 e. The predicted octanol–water partition coefficient (Wildman–Crippen LogP) is 2.36. The summed E-state index contributed by atoms with van der Waals surface area (Å²) in [5, 5.41) is 0. The third-order valence-corrected chi connectivity index (χ3v) is 4.30. The van der Waals surface area contributed by atoms with Gasteiger partial charge >= 0.3 is 14.9 Å². The number of benzene rings is 1. The molecule has 0 bridgehead atoms. The minimum atomic E-state index is -4.12. The monoisotopic (exact) mass is 300 g/mol. The van der Waals surface area contributed by atoms with Gasteiger partial charge in [-0.25, -0.2) is 0 Å². The molecule has 0 N–H and O–H groups in total. The molecule has 0 aliphatic rings. The van der Waals surface area contributed by atoms with Gasteiger partial charge in [0.15, 0.2) is 0 Å². The van der Waals surface area contributed by atoms with E-state index in [-0.39, 0.29) is 5.69 Å². The van der Waals surface area contributed by atoms with E-state index in [1.807, 2.05) is 0 Å². The summed E-state index contributed by atoms with van der Waals surface area (Å²) < 4.78 is 35.5. The normalized spacial score (nSPS) is 12.8. The molecule has 0 amide bonds. The molecule has 0 heterocycles. The zero-order chi connectivity index (χ0) is 13.3. The van der Waals surface area contributed by atoms with E-state index in [1.54, 1.807) is 18.2 Å². The van der Waals surface area contributed by atoms with Crippen molar-refractivity contribution in [2.24, 2.45) is 0 Å². The molecule has 0 fully saturated rings. The lowest BCUT2D eigenvalue weighted by Crippen LogP contribution is -2.47. The maximum Gasteiger partial charge on any atom is 0.350 e. The van der Waals surface area contributed by atoms with Gasteiger partial charge in [-0.3, -0.25) is 0 Å². The van der Waals surface area contributed by atoms with E-state index in [0.29, 0.717) is 4.31 Å². The van der Waals surface area contributed by atoms with Crippen molar-refractivity contribution in [2.45, 2.75) is 4.71 Å². The summed E-state index contributed by atoms with van der Waals surface area (Å²) in [5.41, 5.74) is 0.0358. The van der Waals surface area contributed by atoms with Gasteiger partial charge in [-0.15, -0.1) is 0 Å². The number of halogens is 3. The fourth-order valence-corrected chi connectivity index (χ4v) is 2.83. The van der Waals surface area contributed by atoms with E-state index in [9.17, 15) is 12.8 Å². The van der Waals surface area contributed by atoms with Gasteiger partial charge in [0.1, 0.15) is 0 Å². The quantitative estimate of drug-likeness (QED) is 0.633. The standard InChI is InChI=1S/C9H11Cl2FN2O2S/c1-13(2)17(15,16)14(9(10,11)12)8-6-4-3-5-7-8/h3-7H,1-2H3. The van der Waals surface area contributed by atoms with E-state index in [0.717, 1.165) is 4.31 Å². The van der Waals surface area contributed by atoms with Crippen molar-refractivity contribution < 1.29 is 12.8 Å². The highest BCUT2D eigenvalue weighted by Crippen LogP contribution is 2.35. The maximum absolute atomic E-state index is 13.6. The van der Waals surface area contributed by atoms with Crippen molar-refractivity contribution >= 4 is 39.1 Å². The van der Waals surface area contributed by atoms with Crippen molar-refractivity contribution in [1.29, 1.82) is 0 Å². The summed E-state index contributed by atoms with van der Waals surface area (Å²) in [7, 11) is -1.61. The minimum absolute atomic E-state index is 0.0358.